The monoisotopic (exact) mass is 268 g/mol. The van der Waals surface area contributed by atoms with Crippen molar-refractivity contribution < 1.29 is 4.70 Å². The van der Waals surface area contributed by atoms with E-state index in [1.54, 1.807) is 0 Å². The van der Waals surface area contributed by atoms with Gasteiger partial charge in [0.25, 0.3) is 0 Å². The molecule has 0 aromatic carbocycles. The third kappa shape index (κ3) is 12.4. The Morgan fingerprint density at radius 2 is 0.900 bits per heavy atom. The highest BCUT2D eigenvalue weighted by molar-refractivity contribution is 6.72. The van der Waals surface area contributed by atoms with Crippen LogP contribution in [0.4, 0.5) is 4.70 Å². The molecule has 10 heavy (non-hydrogen) atoms. The number of alkyl halides is 6. The maximum absolute atomic E-state index is 5.30. The second-order valence-corrected chi connectivity index (χ2v) is 6.44. The van der Waals surface area contributed by atoms with Crippen LogP contribution in [0.3, 0.4) is 0 Å². The first-order chi connectivity index (χ1) is 3.71. The second kappa shape index (κ2) is 4.64. The van der Waals surface area contributed by atoms with E-state index in [-0.39, 0.29) is 11.1 Å². The van der Waals surface area contributed by atoms with E-state index in [4.69, 9.17) is 69.6 Å². The lowest BCUT2D eigenvalue weighted by Gasteiger charge is -2.16. The third-order valence-electron chi connectivity index (χ3n) is 0.401. The van der Waals surface area contributed by atoms with Crippen molar-refractivity contribution in [3.8, 4) is 0 Å². The summed E-state index contributed by atoms with van der Waals surface area (Å²) >= 11 is 31.8. The summed E-state index contributed by atoms with van der Waals surface area (Å²) in [5, 5.41) is 0. The average Bonchev–Trinajstić information content (AvgIpc) is 1.14. The van der Waals surface area contributed by atoms with E-state index in [0.29, 0.717) is 0 Å². The Kier molecular flexibility index (Phi) is 6.59. The number of hydrogen-bond donors (Lipinski definition) is 0. The smallest absolute Gasteiger partial charge is 0.194 e. The van der Waals surface area contributed by atoms with Crippen LogP contribution in [0.25, 0.3) is 0 Å². The Balaban J connectivity index is 0. The fourth-order valence-corrected chi connectivity index (χ4v) is 2.05. The summed E-state index contributed by atoms with van der Waals surface area (Å²) in [4.78, 5) is 0. The fraction of sp³-hybridized carbons (Fsp3) is 1.00. The van der Waals surface area contributed by atoms with E-state index < -0.39 is 7.59 Å². The highest BCUT2D eigenvalue weighted by Crippen LogP contribution is 2.42. The lowest BCUT2D eigenvalue weighted by Crippen LogP contribution is -2.14. The number of hydrogen-bond acceptors (Lipinski definition) is 0. The number of rotatable bonds is 0. The molecule has 0 unspecified atom stereocenters. The first-order valence-corrected chi connectivity index (χ1v) is 4.11. The van der Waals surface area contributed by atoms with Crippen LogP contribution < -0.4 is 0 Å². The van der Waals surface area contributed by atoms with Gasteiger partial charge in [-0.3, -0.25) is 4.70 Å². The summed E-state index contributed by atoms with van der Waals surface area (Å²) in [5.41, 5.74) is 0. The Bertz CT molecular complexity index is 78.1. The van der Waals surface area contributed by atoms with Crippen LogP contribution in [0.2, 0.25) is 0 Å². The molecule has 0 fully saturated rings. The van der Waals surface area contributed by atoms with Crippen LogP contribution in [-0.4, -0.2) is 7.59 Å². The molecule has 0 aromatic rings. The van der Waals surface area contributed by atoms with E-state index in [1.165, 1.54) is 0 Å². The Morgan fingerprint density at radius 1 is 0.700 bits per heavy atom. The maximum Gasteiger partial charge on any atom is 0.194 e. The molecule has 0 radical (unpaired) electrons. The van der Waals surface area contributed by atoms with Gasteiger partial charge in [0.05, 0.1) is 0 Å². The average molecular weight is 271 g/mol. The molecule has 0 atom stereocenters. The van der Waals surface area contributed by atoms with Crippen LogP contribution in [-0.2, 0) is 0 Å². The van der Waals surface area contributed by atoms with Gasteiger partial charge in [0.1, 0.15) is 0 Å². The van der Waals surface area contributed by atoms with Gasteiger partial charge in [-0.25, -0.2) is 0 Å². The van der Waals surface area contributed by atoms with Crippen molar-refractivity contribution >= 4 is 69.6 Å². The Morgan fingerprint density at radius 3 is 0.900 bits per heavy atom. The van der Waals surface area contributed by atoms with Gasteiger partial charge in [0.15, 0.2) is 7.59 Å². The highest BCUT2D eigenvalue weighted by Gasteiger charge is 2.32. The lowest BCUT2D eigenvalue weighted by molar-refractivity contribution is 0.889. The molecule has 0 bridgehead atoms. The summed E-state index contributed by atoms with van der Waals surface area (Å²) in [6, 6.07) is 0. The molecule has 7 heteroatoms. The molecule has 0 N–H and O–H groups in total. The van der Waals surface area contributed by atoms with Gasteiger partial charge in [-0.1, -0.05) is 69.6 Å². The maximum atomic E-state index is 5.30. The van der Waals surface area contributed by atoms with E-state index in [9.17, 15) is 0 Å². The van der Waals surface area contributed by atoms with Crippen molar-refractivity contribution in [2.75, 3.05) is 0 Å². The third-order valence-corrected chi connectivity index (χ3v) is 1.20. The highest BCUT2D eigenvalue weighted by atomic mass is 35.6. The zero-order valence-corrected chi connectivity index (χ0v) is 8.92. The minimum absolute atomic E-state index is 0. The van der Waals surface area contributed by atoms with Crippen molar-refractivity contribution in [2.45, 2.75) is 14.0 Å². The van der Waals surface area contributed by atoms with Crippen molar-refractivity contribution in [1.82, 2.24) is 0 Å². The molecule has 0 aromatic heterocycles. The van der Waals surface area contributed by atoms with Crippen LogP contribution >= 0.6 is 69.6 Å². The molecule has 0 saturated carbocycles. The molecule has 0 spiro atoms. The Labute approximate surface area is 88.0 Å². The largest absolute Gasteiger partial charge is 0.269 e. The quantitative estimate of drug-likeness (QED) is 0.577. The standard InChI is InChI=1S/C3H2Cl6.FH/c4-2(5,6)1-3(7,8)9;/h1H2;1H. The molecule has 0 rings (SSSR count). The summed E-state index contributed by atoms with van der Waals surface area (Å²) in [7, 11) is 0. The molecule has 0 nitrogen and oxygen atoms in total. The van der Waals surface area contributed by atoms with Crippen molar-refractivity contribution in [2.24, 2.45) is 0 Å². The van der Waals surface area contributed by atoms with Crippen molar-refractivity contribution in [3.05, 3.63) is 0 Å². The van der Waals surface area contributed by atoms with E-state index >= 15 is 0 Å². The van der Waals surface area contributed by atoms with Crippen LogP contribution in [0.1, 0.15) is 6.42 Å². The predicted octanol–water partition coefficient (Wildman–Crippen LogP) is 4.27. The Hall–Kier alpha value is 1.67. The summed E-state index contributed by atoms with van der Waals surface area (Å²) in [6.45, 7) is 0. The molecule has 0 aliphatic rings. The van der Waals surface area contributed by atoms with E-state index in [2.05, 4.69) is 0 Å². The molecule has 0 aliphatic carbocycles. The van der Waals surface area contributed by atoms with Crippen LogP contribution in [0.5, 0.6) is 0 Å². The molecule has 0 amide bonds. The van der Waals surface area contributed by atoms with Crippen LogP contribution in [0, 0.1) is 0 Å². The van der Waals surface area contributed by atoms with Gasteiger partial charge < -0.3 is 0 Å². The molecule has 0 aliphatic heterocycles. The van der Waals surface area contributed by atoms with Gasteiger partial charge in [0.2, 0.25) is 0 Å². The summed E-state index contributed by atoms with van der Waals surface area (Å²) < 4.78 is -2.99. The van der Waals surface area contributed by atoms with Crippen LogP contribution in [0.15, 0.2) is 0 Å². The molecule has 0 heterocycles. The van der Waals surface area contributed by atoms with E-state index in [0.717, 1.165) is 0 Å². The summed E-state index contributed by atoms with van der Waals surface area (Å²) in [6.07, 6.45) is -0.116. The summed E-state index contributed by atoms with van der Waals surface area (Å²) in [5.74, 6) is 0. The predicted molar refractivity (Wildman–Crippen MR) is 47.7 cm³/mol. The minimum atomic E-state index is -1.49. The molecule has 0 saturated heterocycles. The van der Waals surface area contributed by atoms with Crippen molar-refractivity contribution in [3.63, 3.8) is 0 Å². The second-order valence-electron chi connectivity index (χ2n) is 1.41. The molecular weight excluding hydrogens is 268 g/mol. The zero-order chi connectivity index (χ0) is 7.71. The zero-order valence-electron chi connectivity index (χ0n) is 4.38. The first kappa shape index (κ1) is 14.2. The molecule has 64 valence electrons. The van der Waals surface area contributed by atoms with Crippen molar-refractivity contribution in [1.29, 1.82) is 0 Å². The van der Waals surface area contributed by atoms with Gasteiger partial charge in [-0.15, -0.1) is 0 Å². The van der Waals surface area contributed by atoms with Gasteiger partial charge in [-0.05, 0) is 0 Å². The topological polar surface area (TPSA) is 0 Å². The lowest BCUT2D eigenvalue weighted by atomic mass is 10.5. The first-order valence-electron chi connectivity index (χ1n) is 1.84. The number of halogens is 7. The van der Waals surface area contributed by atoms with E-state index in [1.807, 2.05) is 0 Å². The SMILES string of the molecule is ClC(Cl)(Cl)CC(Cl)(Cl)Cl.F. The van der Waals surface area contributed by atoms with Gasteiger partial charge >= 0.3 is 0 Å². The fourth-order valence-electron chi connectivity index (χ4n) is 0.227. The normalized spacial score (nSPS) is 12.6. The van der Waals surface area contributed by atoms with Gasteiger partial charge in [-0.2, -0.15) is 0 Å². The molecular formula is C3H3Cl6F. The van der Waals surface area contributed by atoms with Gasteiger partial charge in [0, 0.05) is 6.42 Å². The minimum Gasteiger partial charge on any atom is -0.269 e.